The summed E-state index contributed by atoms with van der Waals surface area (Å²) < 4.78 is 27.2. The Balaban J connectivity index is 1.44. The van der Waals surface area contributed by atoms with Gasteiger partial charge in [-0.2, -0.15) is 0 Å². The Morgan fingerprint density at radius 3 is 2.67 bits per heavy atom. The second-order valence-corrected chi connectivity index (χ2v) is 12.7. The third kappa shape index (κ3) is 4.95. The zero-order valence-corrected chi connectivity index (χ0v) is 27.3. The van der Waals surface area contributed by atoms with Crippen LogP contribution in [0.2, 0.25) is 0 Å². The van der Waals surface area contributed by atoms with Crippen molar-refractivity contribution in [1.82, 2.24) is 19.4 Å². The molecule has 1 aliphatic carbocycles. The summed E-state index contributed by atoms with van der Waals surface area (Å²) in [6.45, 7) is 13.1. The van der Waals surface area contributed by atoms with E-state index in [-0.39, 0.29) is 22.7 Å². The van der Waals surface area contributed by atoms with E-state index in [1.54, 1.807) is 37.1 Å². The first-order chi connectivity index (χ1) is 23.0. The predicted octanol–water partition coefficient (Wildman–Crippen LogP) is 4.50. The molecule has 3 atom stereocenters. The molecule has 0 spiro atoms. The predicted molar refractivity (Wildman–Crippen MR) is 178 cm³/mol. The molecule has 4 aromatic rings. The molecule has 0 radical (unpaired) electrons. The van der Waals surface area contributed by atoms with E-state index in [0.717, 1.165) is 48.6 Å². The molecule has 246 valence electrons. The Labute approximate surface area is 275 Å². The van der Waals surface area contributed by atoms with E-state index >= 15 is 4.39 Å². The average molecular weight is 652 g/mol. The number of carbonyl (C=O) groups is 2. The summed E-state index contributed by atoms with van der Waals surface area (Å²) in [5, 5.41) is 3.28. The van der Waals surface area contributed by atoms with Crippen molar-refractivity contribution in [3.8, 4) is 22.3 Å². The normalized spacial score (nSPS) is 18.6. The number of pyridine rings is 3. The maximum atomic E-state index is 15.5. The first-order valence-corrected chi connectivity index (χ1v) is 15.8. The van der Waals surface area contributed by atoms with Gasteiger partial charge in [0.05, 0.1) is 23.3 Å². The van der Waals surface area contributed by atoms with Crippen LogP contribution in [0.25, 0.3) is 38.1 Å². The third-order valence-electron chi connectivity index (χ3n) is 9.63. The number of ether oxygens (including phenoxy) is 2. The molecule has 0 saturated carbocycles. The molecular formula is C35H34FN7O5. The lowest BCUT2D eigenvalue weighted by Crippen LogP contribution is -2.35. The van der Waals surface area contributed by atoms with Gasteiger partial charge in [0.2, 0.25) is 17.4 Å². The molecule has 1 aromatic carbocycles. The zero-order valence-electron chi connectivity index (χ0n) is 27.3. The van der Waals surface area contributed by atoms with Crippen LogP contribution in [0.5, 0.6) is 0 Å². The van der Waals surface area contributed by atoms with Gasteiger partial charge < -0.3 is 29.2 Å². The molecule has 48 heavy (non-hydrogen) atoms. The molecule has 2 aliphatic heterocycles. The number of likely N-dealkylation sites (tertiary alicyclic amines) is 1. The summed E-state index contributed by atoms with van der Waals surface area (Å²) in [5.41, 5.74) is 5.04. The summed E-state index contributed by atoms with van der Waals surface area (Å²) in [4.78, 5) is 56.0. The van der Waals surface area contributed by atoms with Gasteiger partial charge in [-0.3, -0.25) is 14.6 Å². The minimum Gasteiger partial charge on any atom is -0.426 e. The van der Waals surface area contributed by atoms with Crippen LogP contribution in [0.4, 0.5) is 21.5 Å². The van der Waals surface area contributed by atoms with Gasteiger partial charge in [-0.15, -0.1) is 0 Å². The lowest BCUT2D eigenvalue weighted by Gasteiger charge is -2.31. The number of halogens is 1. The number of hydrogen-bond donors (Lipinski definition) is 1. The van der Waals surface area contributed by atoms with Crippen molar-refractivity contribution in [2.75, 3.05) is 43.9 Å². The first-order valence-electron chi connectivity index (χ1n) is 15.8. The largest absolute Gasteiger partial charge is 0.426 e. The van der Waals surface area contributed by atoms with Crippen molar-refractivity contribution in [2.24, 2.45) is 13.0 Å². The summed E-state index contributed by atoms with van der Waals surface area (Å²) >= 11 is 0. The van der Waals surface area contributed by atoms with Crippen molar-refractivity contribution in [3.63, 3.8) is 0 Å². The molecule has 1 N–H and O–H groups in total. The number of esters is 2. The standard InChI is InChI=1S/C35H34FN7O5/c1-17(44)47-18(2)48-35(46)24-15-42(6)34-22(33(24)45)9-20(12-40-34)23-13-39-27-10-21-26(37-3)11-25(36)31(38-4)29(21)30(27)32(23)43-8-7-19-14-41(5)16-28(19)43/h9,11-13,15,18-19,28,37H,7-8,10,14,16H2,1-3,5-6H3/t18?,19-,28+/m0/s1. The van der Waals surface area contributed by atoms with E-state index in [4.69, 9.17) is 21.0 Å². The Kier molecular flexibility index (Phi) is 7.63. The van der Waals surface area contributed by atoms with Gasteiger partial charge in [0.1, 0.15) is 17.0 Å². The van der Waals surface area contributed by atoms with E-state index < -0.39 is 29.5 Å². The molecule has 2 fully saturated rings. The zero-order chi connectivity index (χ0) is 34.0. The number of anilines is 2. The number of rotatable bonds is 6. The van der Waals surface area contributed by atoms with Crippen molar-refractivity contribution >= 4 is 40.0 Å². The molecule has 5 heterocycles. The third-order valence-corrected chi connectivity index (χ3v) is 9.63. The maximum absolute atomic E-state index is 15.5. The fourth-order valence-corrected chi connectivity index (χ4v) is 7.66. The number of hydrogen-bond acceptors (Lipinski definition) is 10. The Morgan fingerprint density at radius 2 is 1.94 bits per heavy atom. The summed E-state index contributed by atoms with van der Waals surface area (Å²) in [6, 6.07) is 3.25. The molecule has 3 aliphatic rings. The molecule has 0 amide bonds. The quantitative estimate of drug-likeness (QED) is 0.160. The number of benzene rings is 1. The van der Waals surface area contributed by atoms with Crippen molar-refractivity contribution in [2.45, 2.75) is 39.0 Å². The highest BCUT2D eigenvalue weighted by atomic mass is 19.1. The second kappa shape index (κ2) is 11.7. The van der Waals surface area contributed by atoms with Crippen LogP contribution in [-0.4, -0.2) is 77.4 Å². The Morgan fingerprint density at radius 1 is 1.15 bits per heavy atom. The molecule has 1 unspecified atom stereocenters. The van der Waals surface area contributed by atoms with Gasteiger partial charge >= 0.3 is 11.9 Å². The molecule has 7 rings (SSSR count). The topological polar surface area (TPSA) is 123 Å². The molecule has 13 heteroatoms. The van der Waals surface area contributed by atoms with Gasteiger partial charge in [0.25, 0.3) is 0 Å². The van der Waals surface area contributed by atoms with E-state index in [9.17, 15) is 14.4 Å². The van der Waals surface area contributed by atoms with Crippen LogP contribution < -0.4 is 15.6 Å². The fraction of sp³-hybridized carbons (Fsp3) is 0.371. The monoisotopic (exact) mass is 651 g/mol. The van der Waals surface area contributed by atoms with Crippen LogP contribution in [0, 0.1) is 18.3 Å². The number of likely N-dealkylation sites (N-methyl/N-ethyl adjacent to an activating group) is 1. The average Bonchev–Trinajstić information content (AvgIpc) is 3.73. The van der Waals surface area contributed by atoms with Crippen LogP contribution in [0.3, 0.4) is 0 Å². The first kappa shape index (κ1) is 31.3. The van der Waals surface area contributed by atoms with Crippen molar-refractivity contribution in [1.29, 1.82) is 0 Å². The maximum Gasteiger partial charge on any atom is 0.346 e. The van der Waals surface area contributed by atoms with Gasteiger partial charge in [0, 0.05) is 107 Å². The number of nitrogens with one attached hydrogen (secondary N) is 1. The SMILES string of the molecule is [C-]#[N+]c1c(F)cc(NC)c2c1-c1c(ncc(-c3cnc4c(c3)c(=O)c(C(=O)OC(C)OC(C)=O)cn4C)c1N1CC[C@H]3CN(C)C[C@H]31)C2. The van der Waals surface area contributed by atoms with Crippen LogP contribution in [0.1, 0.15) is 41.9 Å². The molecule has 2 saturated heterocycles. The minimum atomic E-state index is -1.18. The fourth-order valence-electron chi connectivity index (χ4n) is 7.66. The summed E-state index contributed by atoms with van der Waals surface area (Å²) in [5.74, 6) is -1.72. The summed E-state index contributed by atoms with van der Waals surface area (Å²) in [7, 11) is 5.51. The number of nitrogens with zero attached hydrogens (tertiary/aromatic N) is 6. The summed E-state index contributed by atoms with van der Waals surface area (Å²) in [6.07, 6.45) is 5.01. The lowest BCUT2D eigenvalue weighted by atomic mass is 9.95. The minimum absolute atomic E-state index is 0.0427. The molecule has 12 nitrogen and oxygen atoms in total. The van der Waals surface area contributed by atoms with Crippen molar-refractivity contribution in [3.05, 3.63) is 75.0 Å². The van der Waals surface area contributed by atoms with Crippen molar-refractivity contribution < 1.29 is 23.5 Å². The number of aromatic nitrogens is 3. The van der Waals surface area contributed by atoms with E-state index in [1.165, 1.54) is 26.1 Å². The van der Waals surface area contributed by atoms with E-state index in [2.05, 4.69) is 32.0 Å². The molecule has 0 bridgehead atoms. The Bertz CT molecular complexity index is 2140. The highest BCUT2D eigenvalue weighted by Gasteiger charge is 2.43. The number of carbonyl (C=O) groups excluding carboxylic acids is 2. The second-order valence-electron chi connectivity index (χ2n) is 12.7. The highest BCUT2D eigenvalue weighted by molar-refractivity contribution is 6.02. The smallest absolute Gasteiger partial charge is 0.346 e. The van der Waals surface area contributed by atoms with Crippen LogP contribution in [-0.2, 0) is 27.7 Å². The Hall–Kier alpha value is -5.35. The van der Waals surface area contributed by atoms with Gasteiger partial charge in [-0.05, 0) is 37.1 Å². The number of fused-ring (bicyclic) bond motifs is 5. The van der Waals surface area contributed by atoms with Crippen LogP contribution >= 0.6 is 0 Å². The highest BCUT2D eigenvalue weighted by Crippen LogP contribution is 2.54. The van der Waals surface area contributed by atoms with Gasteiger partial charge in [0.15, 0.2) is 0 Å². The van der Waals surface area contributed by atoms with Gasteiger partial charge in [-0.1, -0.05) is 0 Å². The molecule has 3 aromatic heterocycles. The van der Waals surface area contributed by atoms with E-state index in [1.807, 2.05) is 0 Å². The molecular weight excluding hydrogens is 617 g/mol. The van der Waals surface area contributed by atoms with E-state index in [0.29, 0.717) is 40.4 Å². The van der Waals surface area contributed by atoms with Gasteiger partial charge in [-0.25, -0.2) is 19.0 Å². The number of aryl methyl sites for hydroxylation is 1. The van der Waals surface area contributed by atoms with Crippen LogP contribution in [0.15, 0.2) is 35.5 Å². The lowest BCUT2D eigenvalue weighted by molar-refractivity contribution is -0.162.